The average molecular weight is 468 g/mol. The van der Waals surface area contributed by atoms with Gasteiger partial charge in [-0.05, 0) is 42.8 Å². The van der Waals surface area contributed by atoms with Crippen molar-refractivity contribution in [2.75, 3.05) is 0 Å². The largest absolute Gasteiger partial charge is 0.573 e. The fourth-order valence-electron chi connectivity index (χ4n) is 3.18. The van der Waals surface area contributed by atoms with Crippen LogP contribution < -0.4 is 4.74 Å². The first kappa shape index (κ1) is 23.0. The van der Waals surface area contributed by atoms with Gasteiger partial charge in [-0.2, -0.15) is 0 Å². The zero-order valence-electron chi connectivity index (χ0n) is 17.9. The minimum atomic E-state index is -4.75. The lowest BCUT2D eigenvalue weighted by Crippen LogP contribution is -2.17. The van der Waals surface area contributed by atoms with E-state index in [0.717, 1.165) is 16.7 Å². The highest BCUT2D eigenvalue weighted by Crippen LogP contribution is 2.24. The van der Waals surface area contributed by atoms with E-state index in [1.54, 1.807) is 49.6 Å². The van der Waals surface area contributed by atoms with Crippen molar-refractivity contribution in [3.05, 3.63) is 90.5 Å². The van der Waals surface area contributed by atoms with E-state index in [0.29, 0.717) is 11.5 Å². The van der Waals surface area contributed by atoms with E-state index in [2.05, 4.69) is 19.8 Å². The van der Waals surface area contributed by atoms with Gasteiger partial charge < -0.3 is 9.47 Å². The van der Waals surface area contributed by atoms with Crippen molar-refractivity contribution in [2.24, 2.45) is 0 Å². The second-order valence-electron chi connectivity index (χ2n) is 7.35. The van der Waals surface area contributed by atoms with Gasteiger partial charge in [0.25, 0.3) is 0 Å². The second-order valence-corrected chi connectivity index (χ2v) is 7.35. The summed E-state index contributed by atoms with van der Waals surface area (Å²) in [5.41, 5.74) is 2.83. The minimum absolute atomic E-state index is 0.110. The SMILES string of the molecule is CC(OC(=O)Cc1ccc(-c2ncn(-c3ccc(OC(F)(F)F)cc3)n2)cc1)c1cccnc1. The monoisotopic (exact) mass is 468 g/mol. The van der Waals surface area contributed by atoms with Crippen LogP contribution in [0.15, 0.2) is 79.4 Å². The molecule has 2 heterocycles. The van der Waals surface area contributed by atoms with Gasteiger partial charge in [0.1, 0.15) is 18.2 Å². The van der Waals surface area contributed by atoms with Crippen LogP contribution in [-0.2, 0) is 16.0 Å². The maximum atomic E-state index is 12.3. The van der Waals surface area contributed by atoms with Gasteiger partial charge in [0.2, 0.25) is 0 Å². The van der Waals surface area contributed by atoms with Gasteiger partial charge in [0.05, 0.1) is 12.1 Å². The number of aromatic nitrogens is 4. The van der Waals surface area contributed by atoms with Gasteiger partial charge in [0.15, 0.2) is 5.82 Å². The van der Waals surface area contributed by atoms with Crippen LogP contribution in [0.3, 0.4) is 0 Å². The number of halogens is 3. The maximum absolute atomic E-state index is 12.3. The Balaban J connectivity index is 1.37. The number of ether oxygens (including phenoxy) is 2. The van der Waals surface area contributed by atoms with Crippen LogP contribution in [0.25, 0.3) is 17.1 Å². The van der Waals surface area contributed by atoms with Crippen molar-refractivity contribution in [1.82, 2.24) is 19.7 Å². The summed E-state index contributed by atoms with van der Waals surface area (Å²) in [5, 5.41) is 4.36. The summed E-state index contributed by atoms with van der Waals surface area (Å²) in [6.07, 6.45) is -0.269. The van der Waals surface area contributed by atoms with Crippen molar-refractivity contribution < 1.29 is 27.4 Å². The zero-order valence-corrected chi connectivity index (χ0v) is 17.9. The van der Waals surface area contributed by atoms with Gasteiger partial charge in [-0.25, -0.2) is 9.67 Å². The fraction of sp³-hybridized carbons (Fsp3) is 0.167. The number of alkyl halides is 3. The van der Waals surface area contributed by atoms with Crippen LogP contribution in [0.5, 0.6) is 5.75 Å². The third-order valence-corrected chi connectivity index (χ3v) is 4.85. The summed E-state index contributed by atoms with van der Waals surface area (Å²) >= 11 is 0. The molecule has 10 heteroatoms. The third-order valence-electron chi connectivity index (χ3n) is 4.85. The Morgan fingerprint density at radius 3 is 2.44 bits per heavy atom. The van der Waals surface area contributed by atoms with Crippen LogP contribution in [0, 0.1) is 0 Å². The summed E-state index contributed by atoms with van der Waals surface area (Å²) in [6.45, 7) is 1.79. The van der Waals surface area contributed by atoms with Gasteiger partial charge in [-0.3, -0.25) is 9.78 Å². The Hall–Kier alpha value is -4.21. The highest BCUT2D eigenvalue weighted by atomic mass is 19.4. The summed E-state index contributed by atoms with van der Waals surface area (Å²) in [4.78, 5) is 20.5. The molecule has 2 aromatic carbocycles. The van der Waals surface area contributed by atoms with E-state index < -0.39 is 12.5 Å². The van der Waals surface area contributed by atoms with Crippen LogP contribution in [-0.4, -0.2) is 32.1 Å². The van der Waals surface area contributed by atoms with Crippen LogP contribution in [0.2, 0.25) is 0 Å². The number of pyridine rings is 1. The molecule has 4 aromatic rings. The quantitative estimate of drug-likeness (QED) is 0.352. The molecule has 34 heavy (non-hydrogen) atoms. The molecular formula is C24H19F3N4O3. The average Bonchev–Trinajstić information content (AvgIpc) is 3.30. The highest BCUT2D eigenvalue weighted by Gasteiger charge is 2.31. The Labute approximate surface area is 192 Å². The molecule has 0 bridgehead atoms. The summed E-state index contributed by atoms with van der Waals surface area (Å²) in [5.74, 6) is -0.250. The molecule has 0 aliphatic rings. The molecule has 0 N–H and O–H groups in total. The van der Waals surface area contributed by atoms with Gasteiger partial charge in [0, 0.05) is 23.5 Å². The van der Waals surface area contributed by atoms with Crippen LogP contribution in [0.1, 0.15) is 24.2 Å². The number of benzene rings is 2. The number of rotatable bonds is 7. The molecule has 0 fully saturated rings. The molecule has 0 saturated carbocycles. The Kier molecular flexibility index (Phi) is 6.58. The Morgan fingerprint density at radius 1 is 1.06 bits per heavy atom. The first-order valence-corrected chi connectivity index (χ1v) is 10.2. The Bertz CT molecular complexity index is 1240. The summed E-state index contributed by atoms with van der Waals surface area (Å²) < 4.78 is 47.7. The Morgan fingerprint density at radius 2 is 1.79 bits per heavy atom. The second kappa shape index (κ2) is 9.74. The first-order chi connectivity index (χ1) is 16.3. The molecule has 4 rings (SSSR count). The van der Waals surface area contributed by atoms with E-state index in [4.69, 9.17) is 4.74 Å². The topological polar surface area (TPSA) is 79.1 Å². The predicted molar refractivity (Wildman–Crippen MR) is 116 cm³/mol. The lowest BCUT2D eigenvalue weighted by atomic mass is 10.1. The highest BCUT2D eigenvalue weighted by molar-refractivity contribution is 5.73. The minimum Gasteiger partial charge on any atom is -0.457 e. The molecule has 0 amide bonds. The number of carbonyl (C=O) groups excluding carboxylic acids is 1. The third kappa shape index (κ3) is 5.97. The van der Waals surface area contributed by atoms with E-state index in [-0.39, 0.29) is 18.1 Å². The molecule has 7 nitrogen and oxygen atoms in total. The first-order valence-electron chi connectivity index (χ1n) is 10.2. The van der Waals surface area contributed by atoms with Crippen molar-refractivity contribution in [1.29, 1.82) is 0 Å². The van der Waals surface area contributed by atoms with Crippen molar-refractivity contribution >= 4 is 5.97 Å². The molecule has 1 atom stereocenters. The molecular weight excluding hydrogens is 449 g/mol. The van der Waals surface area contributed by atoms with E-state index in [1.165, 1.54) is 35.3 Å². The molecule has 2 aromatic heterocycles. The van der Waals surface area contributed by atoms with Gasteiger partial charge >= 0.3 is 12.3 Å². The lowest BCUT2D eigenvalue weighted by molar-refractivity contribution is -0.274. The number of hydrogen-bond acceptors (Lipinski definition) is 6. The van der Waals surface area contributed by atoms with Crippen molar-refractivity contribution in [2.45, 2.75) is 25.8 Å². The normalized spacial score (nSPS) is 12.2. The van der Waals surface area contributed by atoms with Crippen molar-refractivity contribution in [3.8, 4) is 22.8 Å². The maximum Gasteiger partial charge on any atom is 0.573 e. The lowest BCUT2D eigenvalue weighted by Gasteiger charge is -2.13. The number of esters is 1. The van der Waals surface area contributed by atoms with Gasteiger partial charge in [-0.1, -0.05) is 30.3 Å². The standard InChI is InChI=1S/C24H19F3N4O3/c1-16(19-3-2-12-28-14-19)33-22(32)13-17-4-6-18(7-5-17)23-29-15-31(30-23)20-8-10-21(11-9-20)34-24(25,26)27/h2-12,14-16H,13H2,1H3. The number of carbonyl (C=O) groups is 1. The fourth-order valence-corrected chi connectivity index (χ4v) is 3.18. The smallest absolute Gasteiger partial charge is 0.457 e. The van der Waals surface area contributed by atoms with Crippen LogP contribution in [0.4, 0.5) is 13.2 Å². The molecule has 0 radical (unpaired) electrons. The molecule has 1 unspecified atom stereocenters. The molecule has 0 spiro atoms. The molecule has 0 aliphatic heterocycles. The number of nitrogens with zero attached hydrogens (tertiary/aromatic N) is 4. The zero-order chi connectivity index (χ0) is 24.1. The molecule has 0 aliphatic carbocycles. The molecule has 0 saturated heterocycles. The number of hydrogen-bond donors (Lipinski definition) is 0. The van der Waals surface area contributed by atoms with Crippen molar-refractivity contribution in [3.63, 3.8) is 0 Å². The predicted octanol–water partition coefficient (Wildman–Crippen LogP) is 5.07. The van der Waals surface area contributed by atoms with Crippen LogP contribution >= 0.6 is 0 Å². The summed E-state index contributed by atoms with van der Waals surface area (Å²) in [7, 11) is 0. The van der Waals surface area contributed by atoms with E-state index in [1.807, 2.05) is 6.07 Å². The summed E-state index contributed by atoms with van der Waals surface area (Å²) in [6, 6.07) is 16.1. The molecule has 174 valence electrons. The van der Waals surface area contributed by atoms with Gasteiger partial charge in [-0.15, -0.1) is 18.3 Å². The van der Waals surface area contributed by atoms with E-state index in [9.17, 15) is 18.0 Å². The van der Waals surface area contributed by atoms with E-state index >= 15 is 0 Å².